The number of alkyl halides is 3. The highest BCUT2D eigenvalue weighted by atomic mass is 19.4. The number of rotatable bonds is 4. The molecule has 0 bridgehead atoms. The zero-order chi connectivity index (χ0) is 17.5. The third kappa shape index (κ3) is 3.55. The van der Waals surface area contributed by atoms with Crippen molar-refractivity contribution >= 4 is 11.8 Å². The summed E-state index contributed by atoms with van der Waals surface area (Å²) in [6.07, 6.45) is -2.16. The van der Waals surface area contributed by atoms with Gasteiger partial charge in [0.1, 0.15) is 0 Å². The molecule has 0 spiro atoms. The van der Waals surface area contributed by atoms with Gasteiger partial charge in [-0.05, 0) is 37.5 Å². The molecule has 1 saturated heterocycles. The molecule has 2 aliphatic rings. The number of nitrogens with one attached hydrogen (secondary N) is 1. The molecule has 4 nitrogen and oxygen atoms in total. The fraction of sp³-hybridized carbons (Fsp3) is 0.529. The van der Waals surface area contributed by atoms with Crippen LogP contribution in [0.3, 0.4) is 0 Å². The number of benzene rings is 1. The highest BCUT2D eigenvalue weighted by Gasteiger charge is 2.41. The smallest absolute Gasteiger partial charge is 0.349 e. The molecule has 0 radical (unpaired) electrons. The highest BCUT2D eigenvalue weighted by molar-refractivity contribution is 5.89. The van der Waals surface area contributed by atoms with Crippen LogP contribution in [0.1, 0.15) is 43.4 Å². The molecule has 1 N–H and O–H groups in total. The van der Waals surface area contributed by atoms with Gasteiger partial charge in [0.2, 0.25) is 11.8 Å². The van der Waals surface area contributed by atoms with Gasteiger partial charge in [0.05, 0.1) is 17.5 Å². The minimum Gasteiger partial charge on any atom is -0.349 e. The average Bonchev–Trinajstić information content (AvgIpc) is 3.28. The molecule has 2 amide bonds. The van der Waals surface area contributed by atoms with Crippen molar-refractivity contribution in [1.29, 1.82) is 0 Å². The summed E-state index contributed by atoms with van der Waals surface area (Å²) in [4.78, 5) is 26.0. The Balaban J connectivity index is 1.59. The van der Waals surface area contributed by atoms with Crippen LogP contribution in [0.15, 0.2) is 24.3 Å². The van der Waals surface area contributed by atoms with Gasteiger partial charge in [-0.1, -0.05) is 12.1 Å². The quantitative estimate of drug-likeness (QED) is 0.916. The molecule has 1 saturated carbocycles. The van der Waals surface area contributed by atoms with Crippen molar-refractivity contribution in [3.05, 3.63) is 35.4 Å². The maximum absolute atomic E-state index is 12.6. The van der Waals surface area contributed by atoms with Gasteiger partial charge in [0, 0.05) is 19.0 Å². The first kappa shape index (κ1) is 16.8. The van der Waals surface area contributed by atoms with Crippen molar-refractivity contribution in [2.45, 2.75) is 44.4 Å². The van der Waals surface area contributed by atoms with Crippen molar-refractivity contribution in [2.75, 3.05) is 6.54 Å². The van der Waals surface area contributed by atoms with Gasteiger partial charge < -0.3 is 10.2 Å². The number of likely N-dealkylation sites (tertiary alicyclic amines) is 1. The van der Waals surface area contributed by atoms with Crippen LogP contribution in [-0.4, -0.2) is 29.3 Å². The van der Waals surface area contributed by atoms with E-state index in [0.29, 0.717) is 18.2 Å². The minimum atomic E-state index is -4.37. The lowest BCUT2D eigenvalue weighted by Crippen LogP contribution is -2.35. The van der Waals surface area contributed by atoms with E-state index in [0.717, 1.165) is 25.0 Å². The number of carbonyl (C=O) groups is 2. The fourth-order valence-electron chi connectivity index (χ4n) is 3.02. The van der Waals surface area contributed by atoms with E-state index in [9.17, 15) is 22.8 Å². The third-order valence-corrected chi connectivity index (χ3v) is 4.61. The SMILES string of the molecule is CC(NC(=O)C1CC(=O)N(C2CC2)C1)c1ccc(C(F)(F)F)cc1. The first-order chi connectivity index (χ1) is 11.3. The van der Waals surface area contributed by atoms with E-state index in [1.807, 2.05) is 0 Å². The van der Waals surface area contributed by atoms with E-state index in [2.05, 4.69) is 5.32 Å². The average molecular weight is 340 g/mol. The predicted molar refractivity (Wildman–Crippen MR) is 80.8 cm³/mol. The van der Waals surface area contributed by atoms with E-state index in [4.69, 9.17) is 0 Å². The predicted octanol–water partition coefficient (Wildman–Crippen LogP) is 2.89. The van der Waals surface area contributed by atoms with E-state index >= 15 is 0 Å². The summed E-state index contributed by atoms with van der Waals surface area (Å²) in [6.45, 7) is 2.16. The van der Waals surface area contributed by atoms with E-state index in [1.165, 1.54) is 12.1 Å². The molecule has 1 aromatic carbocycles. The third-order valence-electron chi connectivity index (χ3n) is 4.61. The number of halogens is 3. The van der Waals surface area contributed by atoms with Gasteiger partial charge in [0.25, 0.3) is 0 Å². The first-order valence-corrected chi connectivity index (χ1v) is 8.02. The van der Waals surface area contributed by atoms with Gasteiger partial charge in [0.15, 0.2) is 0 Å². The molecule has 1 aliphatic heterocycles. The number of carbonyl (C=O) groups excluding carboxylic acids is 2. The topological polar surface area (TPSA) is 49.4 Å². The lowest BCUT2D eigenvalue weighted by atomic mass is 10.0. The van der Waals surface area contributed by atoms with Gasteiger partial charge in [-0.3, -0.25) is 9.59 Å². The molecule has 1 aliphatic carbocycles. The molecule has 0 aromatic heterocycles. The fourth-order valence-corrected chi connectivity index (χ4v) is 3.02. The van der Waals surface area contributed by atoms with Crippen molar-refractivity contribution in [1.82, 2.24) is 10.2 Å². The summed E-state index contributed by atoms with van der Waals surface area (Å²) in [5, 5.41) is 2.80. The zero-order valence-corrected chi connectivity index (χ0v) is 13.3. The second-order valence-corrected chi connectivity index (χ2v) is 6.53. The van der Waals surface area contributed by atoms with Gasteiger partial charge in [-0.15, -0.1) is 0 Å². The molecule has 2 fully saturated rings. The summed E-state index contributed by atoms with van der Waals surface area (Å²) in [7, 11) is 0. The Bertz CT molecular complexity index is 638. The lowest BCUT2D eigenvalue weighted by Gasteiger charge is -2.19. The number of amides is 2. The van der Waals surface area contributed by atoms with Crippen molar-refractivity contribution in [3.8, 4) is 0 Å². The Hall–Kier alpha value is -2.05. The molecule has 7 heteroatoms. The van der Waals surface area contributed by atoms with Crippen LogP contribution >= 0.6 is 0 Å². The Kier molecular flexibility index (Phi) is 4.27. The molecule has 1 heterocycles. The Morgan fingerprint density at radius 3 is 2.42 bits per heavy atom. The second kappa shape index (κ2) is 6.11. The van der Waals surface area contributed by atoms with E-state index in [1.54, 1.807) is 11.8 Å². The Morgan fingerprint density at radius 1 is 1.25 bits per heavy atom. The molecule has 2 unspecified atom stereocenters. The second-order valence-electron chi connectivity index (χ2n) is 6.53. The monoisotopic (exact) mass is 340 g/mol. The summed E-state index contributed by atoms with van der Waals surface area (Å²) in [5.41, 5.74) is -0.119. The summed E-state index contributed by atoms with van der Waals surface area (Å²) in [5.74, 6) is -0.589. The molecule has 2 atom stereocenters. The van der Waals surface area contributed by atoms with E-state index in [-0.39, 0.29) is 24.2 Å². The molecular formula is C17H19F3N2O2. The first-order valence-electron chi connectivity index (χ1n) is 8.02. The van der Waals surface area contributed by atoms with Crippen LogP contribution < -0.4 is 5.32 Å². The maximum atomic E-state index is 12.6. The molecular weight excluding hydrogens is 321 g/mol. The summed E-state index contributed by atoms with van der Waals surface area (Å²) < 4.78 is 37.7. The number of hydrogen-bond acceptors (Lipinski definition) is 2. The van der Waals surface area contributed by atoms with Gasteiger partial charge >= 0.3 is 6.18 Å². The van der Waals surface area contributed by atoms with Crippen molar-refractivity contribution in [3.63, 3.8) is 0 Å². The number of nitrogens with zero attached hydrogens (tertiary/aromatic N) is 1. The van der Waals surface area contributed by atoms with Crippen LogP contribution in [-0.2, 0) is 15.8 Å². The molecule has 130 valence electrons. The van der Waals surface area contributed by atoms with Gasteiger partial charge in [-0.25, -0.2) is 0 Å². The standard InChI is InChI=1S/C17H19F3N2O2/c1-10(11-2-4-13(5-3-11)17(18,19)20)21-16(24)12-8-15(23)22(9-12)14-6-7-14/h2-5,10,12,14H,6-9H2,1H3,(H,21,24). The summed E-state index contributed by atoms with van der Waals surface area (Å²) >= 11 is 0. The Labute approximate surface area is 138 Å². The number of hydrogen-bond donors (Lipinski definition) is 1. The molecule has 3 rings (SSSR count). The van der Waals surface area contributed by atoms with Crippen LogP contribution in [0.2, 0.25) is 0 Å². The van der Waals surface area contributed by atoms with Crippen molar-refractivity contribution < 1.29 is 22.8 Å². The molecule has 1 aromatic rings. The van der Waals surface area contributed by atoms with Crippen LogP contribution in [0.5, 0.6) is 0 Å². The lowest BCUT2D eigenvalue weighted by molar-refractivity contribution is -0.137. The largest absolute Gasteiger partial charge is 0.416 e. The molecule has 24 heavy (non-hydrogen) atoms. The normalized spacial score (nSPS) is 22.6. The van der Waals surface area contributed by atoms with Crippen molar-refractivity contribution in [2.24, 2.45) is 5.92 Å². The minimum absolute atomic E-state index is 0.0137. The highest BCUT2D eigenvalue weighted by Crippen LogP contribution is 2.33. The van der Waals surface area contributed by atoms with E-state index < -0.39 is 17.8 Å². The van der Waals surface area contributed by atoms with Crippen LogP contribution in [0.25, 0.3) is 0 Å². The maximum Gasteiger partial charge on any atom is 0.416 e. The Morgan fingerprint density at radius 2 is 1.88 bits per heavy atom. The zero-order valence-electron chi connectivity index (χ0n) is 13.3. The van der Waals surface area contributed by atoms with Gasteiger partial charge in [-0.2, -0.15) is 13.2 Å². The van der Waals surface area contributed by atoms with Crippen LogP contribution in [0, 0.1) is 5.92 Å². The van der Waals surface area contributed by atoms with Crippen LogP contribution in [0.4, 0.5) is 13.2 Å². The summed E-state index contributed by atoms with van der Waals surface area (Å²) in [6, 6.07) is 4.62.